The van der Waals surface area contributed by atoms with Crippen LogP contribution in [0.5, 0.6) is 11.5 Å². The summed E-state index contributed by atoms with van der Waals surface area (Å²) in [5.41, 5.74) is 2.90. The number of fused-ring (bicyclic) bond motifs is 1. The van der Waals surface area contributed by atoms with Crippen molar-refractivity contribution in [3.8, 4) is 11.5 Å². The van der Waals surface area contributed by atoms with Crippen LogP contribution in [0.1, 0.15) is 41.8 Å². The second kappa shape index (κ2) is 8.95. The first-order chi connectivity index (χ1) is 14.2. The fourth-order valence-electron chi connectivity index (χ4n) is 3.69. The fraction of sp³-hybridized carbons (Fsp3) is 0.409. The molecule has 1 aliphatic rings. The Hall–Kier alpha value is -2.74. The highest BCUT2D eigenvalue weighted by molar-refractivity contribution is 7.92. The molecule has 1 heterocycles. The van der Waals surface area contributed by atoms with Crippen molar-refractivity contribution < 1.29 is 22.7 Å². The Morgan fingerprint density at radius 2 is 1.97 bits per heavy atom. The van der Waals surface area contributed by atoms with E-state index in [1.807, 2.05) is 32.0 Å². The average molecular weight is 433 g/mol. The Morgan fingerprint density at radius 3 is 2.63 bits per heavy atom. The molecule has 2 aromatic rings. The number of amides is 1. The lowest BCUT2D eigenvalue weighted by molar-refractivity contribution is 0.0951. The molecule has 0 saturated heterocycles. The van der Waals surface area contributed by atoms with E-state index in [4.69, 9.17) is 9.47 Å². The first-order valence-electron chi connectivity index (χ1n) is 9.94. The maximum Gasteiger partial charge on any atom is 0.251 e. The molecule has 0 aliphatic carbocycles. The summed E-state index contributed by atoms with van der Waals surface area (Å²) in [5, 5.41) is 2.91. The van der Waals surface area contributed by atoms with E-state index in [1.165, 1.54) is 10.6 Å². The summed E-state index contributed by atoms with van der Waals surface area (Å²) in [6.07, 6.45) is 2.69. The van der Waals surface area contributed by atoms with Crippen LogP contribution in [0.25, 0.3) is 0 Å². The van der Waals surface area contributed by atoms with Gasteiger partial charge in [0.2, 0.25) is 10.0 Å². The number of carbonyl (C=O) groups excluding carboxylic acids is 1. The van der Waals surface area contributed by atoms with E-state index >= 15 is 0 Å². The zero-order chi connectivity index (χ0) is 21.9. The molecule has 0 bridgehead atoms. The Kier molecular flexibility index (Phi) is 6.55. The van der Waals surface area contributed by atoms with Crippen LogP contribution in [0.4, 0.5) is 5.69 Å². The van der Waals surface area contributed by atoms with E-state index in [1.54, 1.807) is 25.3 Å². The molecule has 3 rings (SSSR count). The summed E-state index contributed by atoms with van der Waals surface area (Å²) in [6.45, 7) is 4.85. The highest BCUT2D eigenvalue weighted by atomic mass is 32.2. The second-order valence-electron chi connectivity index (χ2n) is 7.47. The van der Waals surface area contributed by atoms with Gasteiger partial charge in [-0.3, -0.25) is 9.10 Å². The average Bonchev–Trinajstić information content (AvgIpc) is 3.05. The van der Waals surface area contributed by atoms with Crippen molar-refractivity contribution in [2.45, 2.75) is 39.3 Å². The van der Waals surface area contributed by atoms with E-state index in [0.717, 1.165) is 17.5 Å². The van der Waals surface area contributed by atoms with Crippen molar-refractivity contribution in [1.82, 2.24) is 5.32 Å². The first-order valence-corrected chi connectivity index (χ1v) is 11.8. The molecule has 1 amide bonds. The number of hydrogen-bond acceptors (Lipinski definition) is 5. The van der Waals surface area contributed by atoms with Crippen molar-refractivity contribution >= 4 is 21.6 Å². The number of sulfonamides is 1. The van der Waals surface area contributed by atoms with Crippen LogP contribution >= 0.6 is 0 Å². The third kappa shape index (κ3) is 4.70. The lowest BCUT2D eigenvalue weighted by Crippen LogP contribution is -2.34. The van der Waals surface area contributed by atoms with Gasteiger partial charge in [-0.25, -0.2) is 8.42 Å². The molecule has 1 unspecified atom stereocenters. The third-order valence-electron chi connectivity index (χ3n) is 4.99. The number of benzene rings is 2. The molecular formula is C22H28N2O5S. The van der Waals surface area contributed by atoms with Crippen molar-refractivity contribution in [3.63, 3.8) is 0 Å². The molecule has 1 N–H and O–H groups in total. The Morgan fingerprint density at radius 1 is 1.20 bits per heavy atom. The van der Waals surface area contributed by atoms with Crippen LogP contribution in [0, 0.1) is 0 Å². The Labute approximate surface area is 178 Å². The number of carbonyl (C=O) groups is 1. The van der Waals surface area contributed by atoms with Gasteiger partial charge in [-0.15, -0.1) is 0 Å². The minimum atomic E-state index is -3.35. The first kappa shape index (κ1) is 22.0. The van der Waals surface area contributed by atoms with Crippen molar-refractivity contribution in [2.75, 3.05) is 24.3 Å². The molecule has 0 radical (unpaired) electrons. The van der Waals surface area contributed by atoms with Gasteiger partial charge in [-0.2, -0.15) is 0 Å². The van der Waals surface area contributed by atoms with Gasteiger partial charge in [-0.05, 0) is 61.2 Å². The van der Waals surface area contributed by atoms with Gasteiger partial charge in [0.25, 0.3) is 5.91 Å². The third-order valence-corrected chi connectivity index (χ3v) is 6.27. The lowest BCUT2D eigenvalue weighted by Gasteiger charge is -2.21. The molecule has 30 heavy (non-hydrogen) atoms. The van der Waals surface area contributed by atoms with Gasteiger partial charge in [0.15, 0.2) is 11.5 Å². The van der Waals surface area contributed by atoms with Crippen LogP contribution in [0.2, 0.25) is 0 Å². The van der Waals surface area contributed by atoms with Crippen molar-refractivity contribution in [3.05, 3.63) is 53.1 Å². The quantitative estimate of drug-likeness (QED) is 0.693. The zero-order valence-electron chi connectivity index (χ0n) is 17.8. The van der Waals surface area contributed by atoms with E-state index in [0.29, 0.717) is 42.3 Å². The van der Waals surface area contributed by atoms with Gasteiger partial charge >= 0.3 is 0 Å². The summed E-state index contributed by atoms with van der Waals surface area (Å²) < 4.78 is 36.5. The largest absolute Gasteiger partial charge is 0.493 e. The van der Waals surface area contributed by atoms with Crippen LogP contribution in [-0.4, -0.2) is 40.3 Å². The van der Waals surface area contributed by atoms with E-state index in [-0.39, 0.29) is 11.9 Å². The molecule has 0 spiro atoms. The maximum atomic E-state index is 12.6. The minimum absolute atomic E-state index is 0.158. The van der Waals surface area contributed by atoms with Gasteiger partial charge in [0.1, 0.15) is 0 Å². The van der Waals surface area contributed by atoms with Gasteiger partial charge < -0.3 is 14.8 Å². The van der Waals surface area contributed by atoms with Crippen LogP contribution in [-0.2, 0) is 23.0 Å². The number of hydrogen-bond donors (Lipinski definition) is 1. The van der Waals surface area contributed by atoms with Crippen LogP contribution in [0.3, 0.4) is 0 Å². The zero-order valence-corrected chi connectivity index (χ0v) is 18.6. The molecule has 8 heteroatoms. The predicted octanol–water partition coefficient (Wildman–Crippen LogP) is 3.12. The molecule has 0 fully saturated rings. The molecule has 1 atom stereocenters. The molecule has 7 nitrogen and oxygen atoms in total. The van der Waals surface area contributed by atoms with Crippen molar-refractivity contribution in [1.29, 1.82) is 0 Å². The van der Waals surface area contributed by atoms with Crippen LogP contribution < -0.4 is 19.1 Å². The molecule has 2 aromatic carbocycles. The standard InChI is InChI=1S/C22H28N2O5S/c1-5-10-29-20-9-6-16(12-21(20)28-3)14-23-22(25)17-7-8-19-18(13-17)11-15(2)24(19)30(4,26)27/h6-9,12-13,15H,5,10-11,14H2,1-4H3,(H,23,25). The van der Waals surface area contributed by atoms with Crippen LogP contribution in [0.15, 0.2) is 36.4 Å². The van der Waals surface area contributed by atoms with Gasteiger partial charge in [0, 0.05) is 18.2 Å². The van der Waals surface area contributed by atoms with Gasteiger partial charge in [0.05, 0.1) is 25.7 Å². The van der Waals surface area contributed by atoms with Crippen molar-refractivity contribution in [2.24, 2.45) is 0 Å². The molecule has 1 aliphatic heterocycles. The Bertz CT molecular complexity index is 1040. The highest BCUT2D eigenvalue weighted by Gasteiger charge is 2.32. The number of nitrogens with zero attached hydrogens (tertiary/aromatic N) is 1. The summed E-state index contributed by atoms with van der Waals surface area (Å²) in [5.74, 6) is 1.09. The predicted molar refractivity (Wildman–Crippen MR) is 117 cm³/mol. The normalized spacial score (nSPS) is 15.6. The second-order valence-corrected chi connectivity index (χ2v) is 9.33. The van der Waals surface area contributed by atoms with E-state index in [2.05, 4.69) is 5.32 Å². The number of anilines is 1. The number of rotatable bonds is 8. The smallest absolute Gasteiger partial charge is 0.251 e. The molecule has 162 valence electrons. The van der Waals surface area contributed by atoms with Gasteiger partial charge in [-0.1, -0.05) is 13.0 Å². The fourth-order valence-corrected chi connectivity index (χ4v) is 4.95. The Balaban J connectivity index is 1.70. The summed E-state index contributed by atoms with van der Waals surface area (Å²) >= 11 is 0. The number of ether oxygens (including phenoxy) is 2. The van der Waals surface area contributed by atoms with E-state index < -0.39 is 10.0 Å². The molecular weight excluding hydrogens is 404 g/mol. The number of nitrogens with one attached hydrogen (secondary N) is 1. The summed E-state index contributed by atoms with van der Waals surface area (Å²) in [4.78, 5) is 12.6. The maximum absolute atomic E-state index is 12.6. The topological polar surface area (TPSA) is 84.9 Å². The SMILES string of the molecule is CCCOc1ccc(CNC(=O)c2ccc3c(c2)CC(C)N3S(C)(=O)=O)cc1OC. The monoisotopic (exact) mass is 432 g/mol. The summed E-state index contributed by atoms with van der Waals surface area (Å²) in [6, 6.07) is 10.6. The lowest BCUT2D eigenvalue weighted by atomic mass is 10.1. The number of methoxy groups -OCH3 is 1. The van der Waals surface area contributed by atoms with E-state index in [9.17, 15) is 13.2 Å². The molecule has 0 aromatic heterocycles. The minimum Gasteiger partial charge on any atom is -0.493 e. The molecule has 0 saturated carbocycles. The highest BCUT2D eigenvalue weighted by Crippen LogP contribution is 2.34. The summed E-state index contributed by atoms with van der Waals surface area (Å²) in [7, 11) is -1.76.